The van der Waals surface area contributed by atoms with Crippen molar-refractivity contribution in [2.24, 2.45) is 0 Å². The topological polar surface area (TPSA) is 47.5 Å². The fraction of sp³-hybridized carbons (Fsp3) is 0.714. The molecule has 6 heteroatoms. The minimum absolute atomic E-state index is 0.350. The Morgan fingerprint density at radius 3 is 1.65 bits per heavy atom. The molecule has 0 saturated carbocycles. The van der Waals surface area contributed by atoms with Crippen molar-refractivity contribution in [3.8, 4) is 0 Å². The van der Waals surface area contributed by atoms with E-state index in [4.69, 9.17) is 9.31 Å². The van der Waals surface area contributed by atoms with E-state index in [1.54, 1.807) is 0 Å². The van der Waals surface area contributed by atoms with E-state index in [-0.39, 0.29) is 11.2 Å². The molecular weight excluding hydrogens is 253 g/mol. The summed E-state index contributed by atoms with van der Waals surface area (Å²) in [6.07, 6.45) is 0. The highest BCUT2D eigenvalue weighted by molar-refractivity contribution is 6.63. The molecule has 1 fully saturated rings. The highest BCUT2D eigenvalue weighted by atomic mass is 16.7. The lowest BCUT2D eigenvalue weighted by Gasteiger charge is -2.32. The zero-order valence-electron chi connectivity index (χ0n) is 13.7. The molecule has 0 unspecified atom stereocenters. The van der Waals surface area contributed by atoms with Crippen LogP contribution < -0.4 is 10.4 Å². The van der Waals surface area contributed by atoms with Gasteiger partial charge in [0.25, 0.3) is 0 Å². The maximum atomic E-state index is 6.10. The van der Waals surface area contributed by atoms with Crippen molar-refractivity contribution in [1.29, 1.82) is 0 Å². The Labute approximate surface area is 121 Å². The third-order valence-corrected chi connectivity index (χ3v) is 4.20. The van der Waals surface area contributed by atoms with Gasteiger partial charge in [-0.05, 0) is 41.5 Å². The molecule has 0 amide bonds. The van der Waals surface area contributed by atoms with Crippen LogP contribution in [0.2, 0.25) is 0 Å². The van der Waals surface area contributed by atoms with Crippen molar-refractivity contribution < 1.29 is 9.31 Å². The molecule has 0 atom stereocenters. The summed E-state index contributed by atoms with van der Waals surface area (Å²) in [4.78, 5) is 11.0. The van der Waals surface area contributed by atoms with E-state index in [9.17, 15) is 0 Å². The summed E-state index contributed by atoms with van der Waals surface area (Å²) in [7, 11) is 3.46. The lowest BCUT2D eigenvalue weighted by atomic mass is 9.76. The molecule has 0 aliphatic carbocycles. The van der Waals surface area contributed by atoms with Crippen molar-refractivity contribution in [3.05, 3.63) is 11.4 Å². The molecule has 0 spiro atoms. The Balaban J connectivity index is 2.41. The second-order valence-corrected chi connectivity index (χ2v) is 6.59. The molecule has 0 radical (unpaired) electrons. The molecule has 2 rings (SSSR count). The standard InChI is InChI=1S/C14H24BN3O2/c1-9-11(10(2)17-12(16-9)18(7)8)15-19-13(3,4)14(5,6)20-15/h1-8H3. The predicted molar refractivity (Wildman–Crippen MR) is 81.5 cm³/mol. The second kappa shape index (κ2) is 4.70. The molecular formula is C14H24BN3O2. The van der Waals surface area contributed by atoms with E-state index in [1.807, 2.05) is 60.5 Å². The molecule has 1 saturated heterocycles. The van der Waals surface area contributed by atoms with Gasteiger partial charge in [-0.2, -0.15) is 0 Å². The Hall–Kier alpha value is -1.14. The van der Waals surface area contributed by atoms with Crippen LogP contribution in [-0.4, -0.2) is 42.4 Å². The number of hydrogen-bond donors (Lipinski definition) is 0. The third-order valence-electron chi connectivity index (χ3n) is 4.20. The smallest absolute Gasteiger partial charge is 0.399 e. The summed E-state index contributed by atoms with van der Waals surface area (Å²) in [5, 5.41) is 0. The number of hydrogen-bond acceptors (Lipinski definition) is 5. The highest BCUT2D eigenvalue weighted by Crippen LogP contribution is 2.36. The summed E-state index contributed by atoms with van der Waals surface area (Å²) >= 11 is 0. The fourth-order valence-electron chi connectivity index (χ4n) is 2.21. The first-order chi connectivity index (χ1) is 9.05. The van der Waals surface area contributed by atoms with Gasteiger partial charge in [0.1, 0.15) is 0 Å². The zero-order chi connectivity index (χ0) is 15.3. The van der Waals surface area contributed by atoms with E-state index in [0.717, 1.165) is 16.9 Å². The van der Waals surface area contributed by atoms with Gasteiger partial charge in [0.05, 0.1) is 11.2 Å². The van der Waals surface area contributed by atoms with Gasteiger partial charge in [0, 0.05) is 30.9 Å². The van der Waals surface area contributed by atoms with E-state index in [2.05, 4.69) is 9.97 Å². The van der Waals surface area contributed by atoms with E-state index in [0.29, 0.717) is 5.95 Å². The van der Waals surface area contributed by atoms with E-state index in [1.165, 1.54) is 0 Å². The van der Waals surface area contributed by atoms with Gasteiger partial charge in [0.2, 0.25) is 5.95 Å². The van der Waals surface area contributed by atoms with Crippen LogP contribution in [0, 0.1) is 13.8 Å². The summed E-state index contributed by atoms with van der Waals surface area (Å²) in [5.41, 5.74) is 2.04. The molecule has 20 heavy (non-hydrogen) atoms. The monoisotopic (exact) mass is 277 g/mol. The Kier molecular flexibility index (Phi) is 3.59. The van der Waals surface area contributed by atoms with Crippen molar-refractivity contribution in [2.45, 2.75) is 52.7 Å². The quantitative estimate of drug-likeness (QED) is 0.766. The molecule has 5 nitrogen and oxygen atoms in total. The molecule has 1 aromatic rings. The van der Waals surface area contributed by atoms with Crippen LogP contribution in [-0.2, 0) is 9.31 Å². The fourth-order valence-corrected chi connectivity index (χ4v) is 2.21. The average Bonchev–Trinajstić information content (AvgIpc) is 2.46. The number of nitrogens with zero attached hydrogens (tertiary/aromatic N) is 3. The van der Waals surface area contributed by atoms with Gasteiger partial charge >= 0.3 is 7.12 Å². The molecule has 1 aliphatic heterocycles. The van der Waals surface area contributed by atoms with Crippen LogP contribution in [0.15, 0.2) is 0 Å². The van der Waals surface area contributed by atoms with Gasteiger partial charge in [0.15, 0.2) is 0 Å². The van der Waals surface area contributed by atoms with Gasteiger partial charge in [-0.1, -0.05) is 0 Å². The first kappa shape index (κ1) is 15.3. The van der Waals surface area contributed by atoms with E-state index >= 15 is 0 Å². The number of anilines is 1. The van der Waals surface area contributed by atoms with Crippen molar-refractivity contribution in [3.63, 3.8) is 0 Å². The predicted octanol–water partition coefficient (Wildman–Crippen LogP) is 1.46. The molecule has 1 aromatic heterocycles. The van der Waals surface area contributed by atoms with Gasteiger partial charge in [-0.3, -0.25) is 0 Å². The number of aromatic nitrogens is 2. The lowest BCUT2D eigenvalue weighted by Crippen LogP contribution is -2.41. The normalized spacial score (nSPS) is 20.3. The number of rotatable bonds is 2. The molecule has 1 aliphatic rings. The summed E-state index contributed by atoms with van der Waals surface area (Å²) in [6, 6.07) is 0. The first-order valence-corrected chi connectivity index (χ1v) is 6.93. The van der Waals surface area contributed by atoms with Crippen LogP contribution in [0.5, 0.6) is 0 Å². The Morgan fingerprint density at radius 1 is 0.900 bits per heavy atom. The molecule has 0 N–H and O–H groups in total. The van der Waals surface area contributed by atoms with Crippen LogP contribution in [0.3, 0.4) is 0 Å². The summed E-state index contributed by atoms with van der Waals surface area (Å²) < 4.78 is 12.2. The maximum absolute atomic E-state index is 6.10. The third kappa shape index (κ3) is 2.42. The van der Waals surface area contributed by atoms with Crippen molar-refractivity contribution in [2.75, 3.05) is 19.0 Å². The minimum Gasteiger partial charge on any atom is -0.399 e. The summed E-state index contributed by atoms with van der Waals surface area (Å²) in [5.74, 6) is 0.709. The SMILES string of the molecule is Cc1nc(N(C)C)nc(C)c1B1OC(C)(C)C(C)(C)O1. The summed E-state index contributed by atoms with van der Waals surface area (Å²) in [6.45, 7) is 12.1. The van der Waals surface area contributed by atoms with Gasteiger partial charge in [-0.25, -0.2) is 9.97 Å². The zero-order valence-corrected chi connectivity index (χ0v) is 13.7. The lowest BCUT2D eigenvalue weighted by molar-refractivity contribution is 0.00578. The van der Waals surface area contributed by atoms with Crippen LogP contribution in [0.1, 0.15) is 39.1 Å². The van der Waals surface area contributed by atoms with Crippen LogP contribution in [0.25, 0.3) is 0 Å². The van der Waals surface area contributed by atoms with Crippen molar-refractivity contribution in [1.82, 2.24) is 9.97 Å². The van der Waals surface area contributed by atoms with Crippen LogP contribution >= 0.6 is 0 Å². The van der Waals surface area contributed by atoms with Gasteiger partial charge < -0.3 is 14.2 Å². The average molecular weight is 277 g/mol. The largest absolute Gasteiger partial charge is 0.498 e. The molecule has 0 bridgehead atoms. The highest BCUT2D eigenvalue weighted by Gasteiger charge is 2.52. The maximum Gasteiger partial charge on any atom is 0.498 e. The second-order valence-electron chi connectivity index (χ2n) is 6.59. The van der Waals surface area contributed by atoms with Crippen molar-refractivity contribution >= 4 is 18.5 Å². The first-order valence-electron chi connectivity index (χ1n) is 6.93. The Morgan fingerprint density at radius 2 is 1.30 bits per heavy atom. The molecule has 110 valence electrons. The number of aryl methyl sites for hydroxylation is 2. The van der Waals surface area contributed by atoms with E-state index < -0.39 is 7.12 Å². The Bertz CT molecular complexity index is 490. The molecule has 0 aromatic carbocycles. The molecule has 2 heterocycles. The van der Waals surface area contributed by atoms with Crippen LogP contribution in [0.4, 0.5) is 5.95 Å². The van der Waals surface area contributed by atoms with Gasteiger partial charge in [-0.15, -0.1) is 0 Å². The minimum atomic E-state index is -0.406.